The molecule has 88 valence electrons. The number of aliphatic hydroxyl groups excluding tert-OH is 2. The van der Waals surface area contributed by atoms with Crippen molar-refractivity contribution in [1.82, 2.24) is 4.90 Å². The molecule has 4 nitrogen and oxygen atoms in total. The monoisotopic (exact) mass is 215 g/mol. The Morgan fingerprint density at radius 3 is 2.13 bits per heavy atom. The van der Waals surface area contributed by atoms with Gasteiger partial charge in [0.15, 0.2) is 0 Å². The van der Waals surface area contributed by atoms with Crippen molar-refractivity contribution in [1.29, 1.82) is 0 Å². The van der Waals surface area contributed by atoms with Crippen molar-refractivity contribution >= 4 is 5.91 Å². The molecule has 1 amide bonds. The third kappa shape index (κ3) is 4.18. The first-order valence-corrected chi connectivity index (χ1v) is 5.77. The molecule has 1 fully saturated rings. The number of carbonyl (C=O) groups excluding carboxylic acids is 1. The smallest absolute Gasteiger partial charge is 0.223 e. The number of nitrogens with zero attached hydrogens (tertiary/aromatic N) is 1. The van der Waals surface area contributed by atoms with Gasteiger partial charge in [-0.1, -0.05) is 12.8 Å². The Bertz CT molecular complexity index is 184. The highest BCUT2D eigenvalue weighted by molar-refractivity contribution is 5.76. The molecule has 0 radical (unpaired) electrons. The van der Waals surface area contributed by atoms with Gasteiger partial charge in [0.1, 0.15) is 0 Å². The van der Waals surface area contributed by atoms with Crippen LogP contribution in [0.15, 0.2) is 0 Å². The fraction of sp³-hybridized carbons (Fsp3) is 0.909. The molecule has 15 heavy (non-hydrogen) atoms. The van der Waals surface area contributed by atoms with Crippen molar-refractivity contribution in [2.75, 3.05) is 26.3 Å². The first-order valence-electron chi connectivity index (χ1n) is 5.77. The highest BCUT2D eigenvalue weighted by Crippen LogP contribution is 2.27. The highest BCUT2D eigenvalue weighted by Gasteiger charge is 2.21. The van der Waals surface area contributed by atoms with E-state index in [0.717, 1.165) is 12.8 Å². The van der Waals surface area contributed by atoms with E-state index in [-0.39, 0.29) is 19.1 Å². The van der Waals surface area contributed by atoms with Gasteiger partial charge < -0.3 is 15.1 Å². The molecular formula is C11H21NO3. The predicted molar refractivity (Wildman–Crippen MR) is 57.3 cm³/mol. The Morgan fingerprint density at radius 2 is 1.67 bits per heavy atom. The Morgan fingerprint density at radius 1 is 1.13 bits per heavy atom. The molecule has 0 aromatic rings. The number of amides is 1. The van der Waals surface area contributed by atoms with Crippen LogP contribution in [0, 0.1) is 5.92 Å². The molecule has 0 aromatic heterocycles. The maximum absolute atomic E-state index is 11.8. The van der Waals surface area contributed by atoms with Gasteiger partial charge in [-0.3, -0.25) is 4.79 Å². The minimum Gasteiger partial charge on any atom is -0.395 e. The lowest BCUT2D eigenvalue weighted by molar-refractivity contribution is -0.133. The van der Waals surface area contributed by atoms with Gasteiger partial charge >= 0.3 is 0 Å². The maximum atomic E-state index is 11.8. The molecule has 4 heteroatoms. The van der Waals surface area contributed by atoms with Gasteiger partial charge in [-0.05, 0) is 18.8 Å². The summed E-state index contributed by atoms with van der Waals surface area (Å²) in [7, 11) is 0. The number of aliphatic hydroxyl groups is 2. The number of hydrogen-bond donors (Lipinski definition) is 2. The summed E-state index contributed by atoms with van der Waals surface area (Å²) in [6.45, 7) is 0.616. The van der Waals surface area contributed by atoms with Gasteiger partial charge in [-0.15, -0.1) is 0 Å². The lowest BCUT2D eigenvalue weighted by atomic mass is 10.0. The van der Waals surface area contributed by atoms with E-state index in [1.807, 2.05) is 0 Å². The van der Waals surface area contributed by atoms with Crippen molar-refractivity contribution in [3.8, 4) is 0 Å². The average molecular weight is 215 g/mol. The molecule has 1 rings (SSSR count). The summed E-state index contributed by atoms with van der Waals surface area (Å²) in [5, 5.41) is 17.6. The summed E-state index contributed by atoms with van der Waals surface area (Å²) >= 11 is 0. The number of hydrogen-bond acceptors (Lipinski definition) is 3. The molecule has 0 bridgehead atoms. The second kappa shape index (κ2) is 6.80. The minimum absolute atomic E-state index is 0.0313. The Balaban J connectivity index is 2.33. The van der Waals surface area contributed by atoms with Crippen LogP contribution in [0.5, 0.6) is 0 Å². The lowest BCUT2D eigenvalue weighted by Crippen LogP contribution is -2.36. The quantitative estimate of drug-likeness (QED) is 0.673. The number of rotatable bonds is 6. The van der Waals surface area contributed by atoms with Crippen LogP contribution < -0.4 is 0 Å². The van der Waals surface area contributed by atoms with Crippen molar-refractivity contribution in [3.05, 3.63) is 0 Å². The zero-order valence-electron chi connectivity index (χ0n) is 9.19. The highest BCUT2D eigenvalue weighted by atomic mass is 16.3. The molecule has 0 atom stereocenters. The van der Waals surface area contributed by atoms with E-state index in [1.165, 1.54) is 12.8 Å². The molecule has 0 aliphatic heterocycles. The molecule has 0 aromatic carbocycles. The molecule has 0 unspecified atom stereocenters. The normalized spacial score (nSPS) is 16.9. The summed E-state index contributed by atoms with van der Waals surface area (Å²) in [4.78, 5) is 13.3. The molecule has 1 aliphatic rings. The lowest BCUT2D eigenvalue weighted by Gasteiger charge is -2.22. The van der Waals surface area contributed by atoms with E-state index < -0.39 is 0 Å². The van der Waals surface area contributed by atoms with Gasteiger partial charge in [0.25, 0.3) is 0 Å². The van der Waals surface area contributed by atoms with Gasteiger partial charge in [0.05, 0.1) is 13.2 Å². The molecule has 1 saturated carbocycles. The van der Waals surface area contributed by atoms with Gasteiger partial charge in [-0.2, -0.15) is 0 Å². The van der Waals surface area contributed by atoms with Crippen LogP contribution >= 0.6 is 0 Å². The van der Waals surface area contributed by atoms with E-state index in [1.54, 1.807) is 4.90 Å². The fourth-order valence-electron chi connectivity index (χ4n) is 2.19. The summed E-state index contributed by atoms with van der Waals surface area (Å²) in [5.41, 5.74) is 0. The van der Waals surface area contributed by atoms with Crippen LogP contribution in [0.1, 0.15) is 32.1 Å². The standard InChI is InChI=1S/C11H21NO3/c13-7-5-12(6-8-14)11(15)9-10-3-1-2-4-10/h10,13-14H,1-9H2. The Labute approximate surface area is 90.9 Å². The second-order valence-electron chi connectivity index (χ2n) is 4.18. The fourth-order valence-corrected chi connectivity index (χ4v) is 2.19. The summed E-state index contributed by atoms with van der Waals surface area (Å²) < 4.78 is 0. The van der Waals surface area contributed by atoms with E-state index in [4.69, 9.17) is 10.2 Å². The van der Waals surface area contributed by atoms with Crippen LogP contribution in [-0.4, -0.2) is 47.3 Å². The maximum Gasteiger partial charge on any atom is 0.223 e. The second-order valence-corrected chi connectivity index (χ2v) is 4.18. The van der Waals surface area contributed by atoms with Crippen LogP contribution in [0.25, 0.3) is 0 Å². The van der Waals surface area contributed by atoms with Crippen LogP contribution in [0.2, 0.25) is 0 Å². The van der Waals surface area contributed by atoms with Crippen molar-refractivity contribution in [2.45, 2.75) is 32.1 Å². The minimum atomic E-state index is -0.0313. The van der Waals surface area contributed by atoms with Gasteiger partial charge in [0, 0.05) is 19.5 Å². The summed E-state index contributed by atoms with van der Waals surface area (Å²) in [5.74, 6) is 0.599. The first kappa shape index (κ1) is 12.5. The Hall–Kier alpha value is -0.610. The largest absolute Gasteiger partial charge is 0.395 e. The van der Waals surface area contributed by atoms with Gasteiger partial charge in [0.2, 0.25) is 5.91 Å². The van der Waals surface area contributed by atoms with Crippen LogP contribution in [0.3, 0.4) is 0 Å². The SMILES string of the molecule is O=C(CC1CCCC1)N(CCO)CCO. The van der Waals surface area contributed by atoms with Crippen molar-refractivity contribution < 1.29 is 15.0 Å². The molecule has 1 aliphatic carbocycles. The topological polar surface area (TPSA) is 60.8 Å². The zero-order chi connectivity index (χ0) is 11.1. The predicted octanol–water partition coefficient (Wildman–Crippen LogP) is 0.380. The van der Waals surface area contributed by atoms with E-state index >= 15 is 0 Å². The average Bonchev–Trinajstić information content (AvgIpc) is 2.70. The Kier molecular flexibility index (Phi) is 5.65. The summed E-state index contributed by atoms with van der Waals surface area (Å²) in [6, 6.07) is 0. The molecule has 0 saturated heterocycles. The summed E-state index contributed by atoms with van der Waals surface area (Å²) in [6.07, 6.45) is 5.35. The van der Waals surface area contributed by atoms with Crippen LogP contribution in [-0.2, 0) is 4.79 Å². The molecule has 0 spiro atoms. The number of carbonyl (C=O) groups is 1. The first-order chi connectivity index (χ1) is 7.27. The van der Waals surface area contributed by atoms with E-state index in [0.29, 0.717) is 25.4 Å². The van der Waals surface area contributed by atoms with Crippen molar-refractivity contribution in [2.24, 2.45) is 5.92 Å². The molecular weight excluding hydrogens is 194 g/mol. The molecule has 2 N–H and O–H groups in total. The third-order valence-corrected chi connectivity index (χ3v) is 3.03. The van der Waals surface area contributed by atoms with Gasteiger partial charge in [-0.25, -0.2) is 0 Å². The third-order valence-electron chi connectivity index (χ3n) is 3.03. The zero-order valence-corrected chi connectivity index (χ0v) is 9.19. The molecule has 0 heterocycles. The van der Waals surface area contributed by atoms with E-state index in [2.05, 4.69) is 0 Å². The van der Waals surface area contributed by atoms with Crippen LogP contribution in [0.4, 0.5) is 0 Å². The van der Waals surface area contributed by atoms with Crippen molar-refractivity contribution in [3.63, 3.8) is 0 Å². The van der Waals surface area contributed by atoms with E-state index in [9.17, 15) is 4.79 Å².